The number of phenols is 2. The largest absolute Gasteiger partial charge is 0.508 e. The number of aromatic hydroxyl groups is 2. The first kappa shape index (κ1) is 29.2. The van der Waals surface area contributed by atoms with Crippen molar-refractivity contribution in [2.45, 2.75) is 24.8 Å². The van der Waals surface area contributed by atoms with Gasteiger partial charge in [-0.1, -0.05) is 30.3 Å². The zero-order valence-corrected chi connectivity index (χ0v) is 24.9. The van der Waals surface area contributed by atoms with E-state index in [4.69, 9.17) is 10.8 Å². The molecule has 0 radical (unpaired) electrons. The maximum atomic E-state index is 13.8. The first-order chi connectivity index (χ1) is 21.5. The number of phenolic OH excluding ortho intramolecular Hbond substituents is 2. The lowest BCUT2D eigenvalue weighted by molar-refractivity contribution is 0.440. The van der Waals surface area contributed by atoms with Gasteiger partial charge in [0.2, 0.25) is 0 Å². The van der Waals surface area contributed by atoms with Crippen LogP contribution in [-0.2, 0) is 10.0 Å². The van der Waals surface area contributed by atoms with E-state index in [-0.39, 0.29) is 22.8 Å². The number of anilines is 3. The number of nitrogen functional groups attached to an aromatic ring is 1. The molecule has 0 spiro atoms. The molecule has 3 heterocycles. The van der Waals surface area contributed by atoms with Crippen LogP contribution in [0.3, 0.4) is 0 Å². The molecule has 0 saturated heterocycles. The molecule has 0 saturated carbocycles. The van der Waals surface area contributed by atoms with Crippen LogP contribution in [0.25, 0.3) is 22.3 Å². The maximum Gasteiger partial charge on any atom is 0.282 e. The topological polar surface area (TPSA) is 190 Å². The molecule has 13 nitrogen and oxygen atoms in total. The van der Waals surface area contributed by atoms with Crippen LogP contribution in [0.5, 0.6) is 11.5 Å². The maximum absolute atomic E-state index is 13.8. The highest BCUT2D eigenvalue weighted by atomic mass is 32.2. The van der Waals surface area contributed by atoms with E-state index in [0.29, 0.717) is 34.0 Å². The van der Waals surface area contributed by atoms with Gasteiger partial charge in [0.05, 0.1) is 17.3 Å². The summed E-state index contributed by atoms with van der Waals surface area (Å²) in [4.78, 5) is 21.9. The predicted octanol–water partition coefficient (Wildman–Crippen LogP) is 4.22. The fourth-order valence-electron chi connectivity index (χ4n) is 5.08. The van der Waals surface area contributed by atoms with E-state index in [2.05, 4.69) is 20.0 Å². The summed E-state index contributed by atoms with van der Waals surface area (Å²) in [5.41, 5.74) is 9.06. The van der Waals surface area contributed by atoms with Gasteiger partial charge in [-0.25, -0.2) is 22.9 Å². The van der Waals surface area contributed by atoms with Crippen LogP contribution < -0.4 is 21.3 Å². The summed E-state index contributed by atoms with van der Waals surface area (Å²) in [6.07, 6.45) is 3.03. The van der Waals surface area contributed by atoms with Crippen molar-refractivity contribution < 1.29 is 18.6 Å². The van der Waals surface area contributed by atoms with Crippen LogP contribution in [0, 0.1) is 6.92 Å². The summed E-state index contributed by atoms with van der Waals surface area (Å²) in [5, 5.41) is 27.8. The van der Waals surface area contributed by atoms with Crippen molar-refractivity contribution in [2.24, 2.45) is 0 Å². The van der Waals surface area contributed by atoms with E-state index < -0.39 is 26.7 Å². The summed E-state index contributed by atoms with van der Waals surface area (Å²) >= 11 is 0. The van der Waals surface area contributed by atoms with Crippen molar-refractivity contribution in [3.8, 4) is 28.3 Å². The Morgan fingerprint density at radius 2 is 1.73 bits per heavy atom. The van der Waals surface area contributed by atoms with Crippen LogP contribution in [0.4, 0.5) is 17.3 Å². The Morgan fingerprint density at radius 3 is 2.49 bits per heavy atom. The molecule has 0 aliphatic carbocycles. The predicted molar refractivity (Wildman–Crippen MR) is 170 cm³/mol. The van der Waals surface area contributed by atoms with Gasteiger partial charge in [-0.2, -0.15) is 5.10 Å². The average molecular weight is 625 g/mol. The number of para-hydroxylation sites is 1. The highest BCUT2D eigenvalue weighted by Gasteiger charge is 2.23. The van der Waals surface area contributed by atoms with Crippen LogP contribution in [0.15, 0.2) is 101 Å². The molecule has 0 fully saturated rings. The molecule has 1 atom stereocenters. The van der Waals surface area contributed by atoms with Gasteiger partial charge < -0.3 is 21.3 Å². The quantitative estimate of drug-likeness (QED) is 0.164. The fraction of sp³-hybridized carbons (Fsp3) is 0.0968. The number of hydrogen-bond acceptors (Lipinski definition) is 10. The third kappa shape index (κ3) is 5.49. The summed E-state index contributed by atoms with van der Waals surface area (Å²) in [6, 6.07) is 20.1. The molecule has 14 heteroatoms. The van der Waals surface area contributed by atoms with Crippen LogP contribution >= 0.6 is 0 Å². The molecule has 45 heavy (non-hydrogen) atoms. The first-order valence-corrected chi connectivity index (χ1v) is 15.2. The second-order valence-electron chi connectivity index (χ2n) is 10.3. The lowest BCUT2D eigenvalue weighted by atomic mass is 10.1. The summed E-state index contributed by atoms with van der Waals surface area (Å²) in [7, 11) is -4.22. The zero-order valence-electron chi connectivity index (χ0n) is 24.1. The molecule has 0 aliphatic heterocycles. The van der Waals surface area contributed by atoms with E-state index in [1.54, 1.807) is 33.5 Å². The summed E-state index contributed by atoms with van der Waals surface area (Å²) in [6.45, 7) is 3.69. The van der Waals surface area contributed by atoms with E-state index in [1.165, 1.54) is 12.4 Å². The number of nitrogens with one attached hydrogen (secondary N) is 2. The minimum Gasteiger partial charge on any atom is -0.508 e. The Bertz CT molecular complexity index is 2230. The molecule has 3 aromatic heterocycles. The third-order valence-corrected chi connectivity index (χ3v) is 8.61. The number of nitrogens with two attached hydrogens (primary N) is 1. The van der Waals surface area contributed by atoms with E-state index >= 15 is 0 Å². The van der Waals surface area contributed by atoms with Gasteiger partial charge in [-0.3, -0.25) is 14.1 Å². The normalized spacial score (nSPS) is 12.2. The van der Waals surface area contributed by atoms with Gasteiger partial charge in [0.1, 0.15) is 39.9 Å². The van der Waals surface area contributed by atoms with Gasteiger partial charge in [0, 0.05) is 18.0 Å². The Labute approximate surface area is 257 Å². The lowest BCUT2D eigenvalue weighted by Crippen LogP contribution is -2.29. The van der Waals surface area contributed by atoms with Gasteiger partial charge in [-0.05, 0) is 67.4 Å². The molecule has 0 aliphatic rings. The second kappa shape index (κ2) is 11.3. The highest BCUT2D eigenvalue weighted by Crippen LogP contribution is 2.35. The molecule has 0 bridgehead atoms. The number of sulfonamides is 1. The molecule has 3 aromatic carbocycles. The minimum atomic E-state index is -4.22. The van der Waals surface area contributed by atoms with Gasteiger partial charge in [0.25, 0.3) is 15.6 Å². The fourth-order valence-corrected chi connectivity index (χ4v) is 6.21. The number of hydrogen-bond donors (Lipinski definition) is 5. The number of nitrogens with zero attached hydrogens (tertiary/aromatic N) is 5. The Morgan fingerprint density at radius 1 is 0.956 bits per heavy atom. The molecule has 0 amide bonds. The molecular weight excluding hydrogens is 596 g/mol. The number of benzene rings is 3. The molecule has 6 aromatic rings. The van der Waals surface area contributed by atoms with E-state index in [1.807, 2.05) is 50.2 Å². The number of aromatic nitrogens is 5. The highest BCUT2D eigenvalue weighted by molar-refractivity contribution is 7.92. The van der Waals surface area contributed by atoms with Gasteiger partial charge in [-0.15, -0.1) is 0 Å². The van der Waals surface area contributed by atoms with Gasteiger partial charge in [0.15, 0.2) is 5.82 Å². The van der Waals surface area contributed by atoms with Crippen molar-refractivity contribution in [1.29, 1.82) is 0 Å². The van der Waals surface area contributed by atoms with E-state index in [0.717, 1.165) is 23.8 Å². The van der Waals surface area contributed by atoms with Crippen molar-refractivity contribution in [3.63, 3.8) is 0 Å². The first-order valence-electron chi connectivity index (χ1n) is 13.7. The number of fused-ring (bicyclic) bond motifs is 1. The third-order valence-electron chi connectivity index (χ3n) is 7.18. The lowest BCUT2D eigenvalue weighted by Gasteiger charge is -2.21. The Balaban J connectivity index is 1.39. The Kier molecular flexibility index (Phi) is 7.34. The van der Waals surface area contributed by atoms with Crippen LogP contribution in [0.1, 0.15) is 24.4 Å². The van der Waals surface area contributed by atoms with Crippen molar-refractivity contribution in [1.82, 2.24) is 24.1 Å². The van der Waals surface area contributed by atoms with Crippen LogP contribution in [-0.4, -0.2) is 42.8 Å². The van der Waals surface area contributed by atoms with Crippen molar-refractivity contribution >= 4 is 32.9 Å². The molecule has 6 rings (SSSR count). The molecule has 1 unspecified atom stereocenters. The molecular formula is C31H28N8O5S. The standard InChI is InChI=1S/C31H28N8O5S/c1-18-13-14-38-27(18)31(42)39(22-9-4-3-5-10-22)30(36-38)19(2)35-29-26(28(32)33-17-34-29)20-7-6-8-21(15-20)37-45(43,44)25-12-11-23(40)16-24(25)41/h3-17,19,37,40-41H,1-2H3,(H3,32,33,34,35). The average Bonchev–Trinajstić information content (AvgIpc) is 3.38. The van der Waals surface area contributed by atoms with Gasteiger partial charge >= 0.3 is 0 Å². The smallest absolute Gasteiger partial charge is 0.282 e. The molecule has 228 valence electrons. The number of aryl methyl sites for hydroxylation is 1. The number of rotatable bonds is 8. The SMILES string of the molecule is Cc1ccn2nc(C(C)Nc3ncnc(N)c3-c3cccc(NS(=O)(=O)c4ccc(O)cc4O)c3)n(-c3ccccc3)c(=O)c12. The Hall–Kier alpha value is -5.89. The second-order valence-corrected chi connectivity index (χ2v) is 12.0. The summed E-state index contributed by atoms with van der Waals surface area (Å²) < 4.78 is 31.6. The van der Waals surface area contributed by atoms with Crippen molar-refractivity contribution in [3.05, 3.63) is 113 Å². The summed E-state index contributed by atoms with van der Waals surface area (Å²) in [5.74, 6) is -0.0189. The van der Waals surface area contributed by atoms with E-state index in [9.17, 15) is 23.4 Å². The van der Waals surface area contributed by atoms with Crippen molar-refractivity contribution in [2.75, 3.05) is 15.8 Å². The zero-order chi connectivity index (χ0) is 31.9. The molecule has 6 N–H and O–H groups in total. The monoisotopic (exact) mass is 624 g/mol. The van der Waals surface area contributed by atoms with Crippen LogP contribution in [0.2, 0.25) is 0 Å². The minimum absolute atomic E-state index is 0.126.